The van der Waals surface area contributed by atoms with E-state index in [9.17, 15) is 9.59 Å². The van der Waals surface area contributed by atoms with Crippen molar-refractivity contribution in [2.45, 2.75) is 13.8 Å². The van der Waals surface area contributed by atoms with E-state index in [4.69, 9.17) is 10.8 Å². The van der Waals surface area contributed by atoms with E-state index in [1.54, 1.807) is 23.1 Å². The van der Waals surface area contributed by atoms with E-state index < -0.39 is 11.9 Å². The van der Waals surface area contributed by atoms with Gasteiger partial charge in [0, 0.05) is 17.8 Å². The molecule has 0 aliphatic carbocycles. The lowest BCUT2D eigenvalue weighted by atomic mass is 10.1. The molecule has 0 atom stereocenters. The van der Waals surface area contributed by atoms with Crippen LogP contribution in [-0.4, -0.2) is 30.1 Å². The number of aryl methyl sites for hydroxylation is 1. The summed E-state index contributed by atoms with van der Waals surface area (Å²) in [6.07, 6.45) is 0. The lowest BCUT2D eigenvalue weighted by molar-refractivity contribution is -0.135. The van der Waals surface area contributed by atoms with Gasteiger partial charge in [0.25, 0.3) is 0 Å². The molecule has 0 radical (unpaired) electrons. The van der Waals surface area contributed by atoms with Crippen LogP contribution in [0.25, 0.3) is 0 Å². The summed E-state index contributed by atoms with van der Waals surface area (Å²) in [4.78, 5) is 23.4. The molecule has 0 saturated carbocycles. The minimum absolute atomic E-state index is 0.0622. The van der Waals surface area contributed by atoms with Gasteiger partial charge in [0.1, 0.15) is 6.54 Å². The topological polar surface area (TPSA) is 83.6 Å². The summed E-state index contributed by atoms with van der Waals surface area (Å²) >= 11 is 0. The number of carboxylic acid groups (broad SMARTS) is 1. The first-order valence-corrected chi connectivity index (χ1v) is 5.33. The number of nitrogens with two attached hydrogens (primary N) is 1. The number of carbonyl (C=O) groups excluding carboxylic acids is 1. The quantitative estimate of drug-likeness (QED) is 0.799. The third-order valence-electron chi connectivity index (χ3n) is 2.53. The molecule has 0 unspecified atom stereocenters. The number of nitrogens with zero attached hydrogens (tertiary/aromatic N) is 1. The average Bonchev–Trinajstić information content (AvgIpc) is 2.25. The van der Waals surface area contributed by atoms with Crippen LogP contribution in [0.15, 0.2) is 18.2 Å². The number of benzene rings is 1. The predicted molar refractivity (Wildman–Crippen MR) is 65.2 cm³/mol. The highest BCUT2D eigenvalue weighted by Crippen LogP contribution is 2.20. The molecule has 0 heterocycles. The molecule has 92 valence electrons. The van der Waals surface area contributed by atoms with Crippen molar-refractivity contribution in [3.8, 4) is 0 Å². The highest BCUT2D eigenvalue weighted by Gasteiger charge is 2.12. The Morgan fingerprint density at radius 3 is 2.47 bits per heavy atom. The number of likely N-dealkylation sites (N-methyl/N-ethyl adjacent to an activating group) is 1. The molecule has 1 rings (SSSR count). The molecule has 5 heteroatoms. The molecule has 1 aromatic rings. The number of rotatable bonds is 5. The Balaban J connectivity index is 3.04. The highest BCUT2D eigenvalue weighted by molar-refractivity contribution is 5.93. The largest absolute Gasteiger partial charge is 0.480 e. The zero-order valence-electron chi connectivity index (χ0n) is 9.93. The Kier molecular flexibility index (Phi) is 4.09. The van der Waals surface area contributed by atoms with Crippen LogP contribution in [0.5, 0.6) is 0 Å². The molecule has 0 aliphatic heterocycles. The van der Waals surface area contributed by atoms with E-state index in [-0.39, 0.29) is 6.54 Å². The van der Waals surface area contributed by atoms with E-state index in [2.05, 4.69) is 0 Å². The minimum Gasteiger partial charge on any atom is -0.480 e. The zero-order valence-corrected chi connectivity index (χ0v) is 9.93. The fourth-order valence-electron chi connectivity index (χ4n) is 1.69. The number of carboxylic acids is 1. The second kappa shape index (κ2) is 5.34. The van der Waals surface area contributed by atoms with Crippen LogP contribution in [-0.2, 0) is 4.79 Å². The third-order valence-corrected chi connectivity index (χ3v) is 2.53. The van der Waals surface area contributed by atoms with Crippen LogP contribution in [0.3, 0.4) is 0 Å². The summed E-state index contributed by atoms with van der Waals surface area (Å²) in [5.41, 5.74) is 7.25. The summed E-state index contributed by atoms with van der Waals surface area (Å²) in [5, 5.41) is 8.79. The smallest absolute Gasteiger partial charge is 0.323 e. The maximum atomic E-state index is 11.0. The molecule has 5 nitrogen and oxygen atoms in total. The summed E-state index contributed by atoms with van der Waals surface area (Å²) < 4.78 is 0. The molecule has 0 aromatic heterocycles. The SMILES string of the molecule is CCN(CC(=O)O)c1ccc(C(N)=O)cc1C. The van der Waals surface area contributed by atoms with Gasteiger partial charge in [-0.3, -0.25) is 9.59 Å². The van der Waals surface area contributed by atoms with Crippen LogP contribution >= 0.6 is 0 Å². The van der Waals surface area contributed by atoms with Crippen molar-refractivity contribution >= 4 is 17.6 Å². The van der Waals surface area contributed by atoms with Crippen molar-refractivity contribution in [2.24, 2.45) is 5.73 Å². The average molecular weight is 236 g/mol. The first-order valence-electron chi connectivity index (χ1n) is 5.33. The lowest BCUT2D eigenvalue weighted by Gasteiger charge is -2.23. The van der Waals surface area contributed by atoms with Gasteiger partial charge in [-0.15, -0.1) is 0 Å². The van der Waals surface area contributed by atoms with E-state index in [1.165, 1.54) is 0 Å². The van der Waals surface area contributed by atoms with Crippen LogP contribution < -0.4 is 10.6 Å². The molecule has 0 saturated heterocycles. The first kappa shape index (κ1) is 13.0. The summed E-state index contributed by atoms with van der Waals surface area (Å²) in [5.74, 6) is -1.37. The molecule has 1 aromatic carbocycles. The standard InChI is InChI=1S/C12H16N2O3/c1-3-14(7-11(15)16)10-5-4-9(12(13)17)6-8(10)2/h4-6H,3,7H2,1-2H3,(H2,13,17)(H,15,16). The van der Waals surface area contributed by atoms with Gasteiger partial charge >= 0.3 is 5.97 Å². The van der Waals surface area contributed by atoms with Crippen molar-refractivity contribution in [2.75, 3.05) is 18.0 Å². The molecule has 0 spiro atoms. The van der Waals surface area contributed by atoms with Crippen LogP contribution in [0.1, 0.15) is 22.8 Å². The third kappa shape index (κ3) is 3.21. The zero-order chi connectivity index (χ0) is 13.0. The normalized spacial score (nSPS) is 10.0. The van der Waals surface area contributed by atoms with Gasteiger partial charge < -0.3 is 15.7 Å². The minimum atomic E-state index is -0.884. The highest BCUT2D eigenvalue weighted by atomic mass is 16.4. The maximum Gasteiger partial charge on any atom is 0.323 e. The predicted octanol–water partition coefficient (Wildman–Crippen LogP) is 1.00. The lowest BCUT2D eigenvalue weighted by Crippen LogP contribution is -2.30. The van der Waals surface area contributed by atoms with E-state index in [0.29, 0.717) is 12.1 Å². The number of carbonyl (C=O) groups is 2. The first-order chi connectivity index (χ1) is 7.95. The molecular formula is C12H16N2O3. The van der Waals surface area contributed by atoms with E-state index in [0.717, 1.165) is 11.3 Å². The van der Waals surface area contributed by atoms with E-state index >= 15 is 0 Å². The van der Waals surface area contributed by atoms with Crippen molar-refractivity contribution in [3.63, 3.8) is 0 Å². The number of hydrogen-bond acceptors (Lipinski definition) is 3. The van der Waals surface area contributed by atoms with Crippen LogP contribution in [0.2, 0.25) is 0 Å². The number of primary amides is 1. The summed E-state index contributed by atoms with van der Waals surface area (Å²) in [6.45, 7) is 4.23. The molecule has 17 heavy (non-hydrogen) atoms. The van der Waals surface area contributed by atoms with Crippen LogP contribution in [0.4, 0.5) is 5.69 Å². The Bertz CT molecular complexity index is 443. The second-order valence-corrected chi connectivity index (χ2v) is 3.77. The van der Waals surface area contributed by atoms with Crippen molar-refractivity contribution < 1.29 is 14.7 Å². The van der Waals surface area contributed by atoms with Gasteiger partial charge in [-0.25, -0.2) is 0 Å². The molecular weight excluding hydrogens is 220 g/mol. The van der Waals surface area contributed by atoms with E-state index in [1.807, 2.05) is 13.8 Å². The summed E-state index contributed by atoms with van der Waals surface area (Å²) in [7, 11) is 0. The fraction of sp³-hybridized carbons (Fsp3) is 0.333. The number of hydrogen-bond donors (Lipinski definition) is 2. The number of aliphatic carboxylic acids is 1. The molecule has 0 fully saturated rings. The Morgan fingerprint density at radius 2 is 2.06 bits per heavy atom. The van der Waals surface area contributed by atoms with Crippen molar-refractivity contribution in [3.05, 3.63) is 29.3 Å². The van der Waals surface area contributed by atoms with Crippen molar-refractivity contribution in [1.82, 2.24) is 0 Å². The second-order valence-electron chi connectivity index (χ2n) is 3.77. The number of amides is 1. The molecule has 0 bridgehead atoms. The monoisotopic (exact) mass is 236 g/mol. The number of anilines is 1. The van der Waals surface area contributed by atoms with Gasteiger partial charge in [0.05, 0.1) is 0 Å². The maximum absolute atomic E-state index is 11.0. The Labute approximate surface area is 99.8 Å². The Hall–Kier alpha value is -2.04. The molecule has 3 N–H and O–H groups in total. The fourth-order valence-corrected chi connectivity index (χ4v) is 1.69. The van der Waals surface area contributed by atoms with Gasteiger partial charge in [-0.2, -0.15) is 0 Å². The van der Waals surface area contributed by atoms with Gasteiger partial charge in [0.15, 0.2) is 0 Å². The van der Waals surface area contributed by atoms with Gasteiger partial charge in [-0.1, -0.05) is 0 Å². The van der Waals surface area contributed by atoms with Crippen LogP contribution in [0, 0.1) is 6.92 Å². The van der Waals surface area contributed by atoms with Gasteiger partial charge in [0.2, 0.25) is 5.91 Å². The van der Waals surface area contributed by atoms with Gasteiger partial charge in [-0.05, 0) is 37.6 Å². The Morgan fingerprint density at radius 1 is 1.41 bits per heavy atom. The molecule has 0 aliphatic rings. The van der Waals surface area contributed by atoms with Crippen molar-refractivity contribution in [1.29, 1.82) is 0 Å². The summed E-state index contributed by atoms with van der Waals surface area (Å²) in [6, 6.07) is 5.00. The molecule has 1 amide bonds.